The fraction of sp³-hybridized carbons (Fsp3) is 0.286. The highest BCUT2D eigenvalue weighted by Gasteiger charge is 2.26. The topological polar surface area (TPSA) is 90.7 Å². The molecule has 21 heavy (non-hydrogen) atoms. The Morgan fingerprint density at radius 1 is 1.19 bits per heavy atom. The van der Waals surface area contributed by atoms with Crippen LogP contribution < -0.4 is 5.73 Å². The first-order valence-corrected chi connectivity index (χ1v) is 7.57. The molecule has 0 fully saturated rings. The Hall–Kier alpha value is -2.28. The molecule has 1 aliphatic carbocycles. The minimum absolute atomic E-state index is 0.391. The number of nitrogens with two attached hydrogens (primary N) is 1. The zero-order chi connectivity index (χ0) is 14.4. The van der Waals surface area contributed by atoms with E-state index in [1.165, 1.54) is 10.4 Å². The van der Waals surface area contributed by atoms with Gasteiger partial charge < -0.3 is 10.3 Å². The molecule has 0 atom stereocenters. The first-order valence-electron chi connectivity index (χ1n) is 6.75. The predicted molar refractivity (Wildman–Crippen MR) is 79.8 cm³/mol. The lowest BCUT2D eigenvalue weighted by Crippen LogP contribution is -1.92. The first-order chi connectivity index (χ1) is 10.2. The van der Waals surface area contributed by atoms with Crippen LogP contribution >= 0.6 is 11.3 Å². The fourth-order valence-corrected chi connectivity index (χ4v) is 3.74. The molecule has 0 spiro atoms. The Bertz CT molecular complexity index is 805. The van der Waals surface area contributed by atoms with E-state index in [4.69, 9.17) is 10.3 Å². The Balaban J connectivity index is 1.77. The molecule has 106 valence electrons. The SMILES string of the molecule is Cc1cnc(-c2noc(-c3c(N)sc4c3CCC4)n2)nc1. The van der Waals surface area contributed by atoms with Gasteiger partial charge in [-0.2, -0.15) is 4.98 Å². The molecule has 0 unspecified atom stereocenters. The second kappa shape index (κ2) is 4.63. The molecule has 4 rings (SSSR count). The molecule has 1 aliphatic rings. The largest absolute Gasteiger partial charge is 0.390 e. The maximum Gasteiger partial charge on any atom is 0.261 e. The molecule has 3 aromatic heterocycles. The van der Waals surface area contributed by atoms with Crippen molar-refractivity contribution in [2.45, 2.75) is 26.2 Å². The van der Waals surface area contributed by atoms with Crippen LogP contribution in [0.25, 0.3) is 23.1 Å². The van der Waals surface area contributed by atoms with Crippen molar-refractivity contribution in [3.63, 3.8) is 0 Å². The van der Waals surface area contributed by atoms with Gasteiger partial charge in [0.15, 0.2) is 0 Å². The van der Waals surface area contributed by atoms with Crippen LogP contribution in [0.5, 0.6) is 0 Å². The van der Waals surface area contributed by atoms with Gasteiger partial charge >= 0.3 is 0 Å². The Morgan fingerprint density at radius 2 is 2.00 bits per heavy atom. The van der Waals surface area contributed by atoms with E-state index in [0.29, 0.717) is 17.5 Å². The van der Waals surface area contributed by atoms with E-state index in [2.05, 4.69) is 20.1 Å². The number of thiophene rings is 1. The summed E-state index contributed by atoms with van der Waals surface area (Å²) in [5.74, 6) is 1.31. The fourth-order valence-electron chi connectivity index (χ4n) is 2.58. The van der Waals surface area contributed by atoms with Crippen LogP contribution in [0.1, 0.15) is 22.4 Å². The maximum atomic E-state index is 6.11. The molecular formula is C14H13N5OS. The highest BCUT2D eigenvalue weighted by Crippen LogP contribution is 2.42. The summed E-state index contributed by atoms with van der Waals surface area (Å²) >= 11 is 1.62. The van der Waals surface area contributed by atoms with Crippen LogP contribution in [0, 0.1) is 6.92 Å². The molecule has 0 radical (unpaired) electrons. The molecule has 3 aromatic rings. The number of nitrogens with zero attached hydrogens (tertiary/aromatic N) is 4. The van der Waals surface area contributed by atoms with Crippen molar-refractivity contribution < 1.29 is 4.52 Å². The molecule has 0 amide bonds. The summed E-state index contributed by atoms with van der Waals surface area (Å²) < 4.78 is 5.39. The highest BCUT2D eigenvalue weighted by atomic mass is 32.1. The summed E-state index contributed by atoms with van der Waals surface area (Å²) in [6.45, 7) is 1.93. The maximum absolute atomic E-state index is 6.11. The number of nitrogen functional groups attached to an aromatic ring is 1. The number of hydrogen-bond acceptors (Lipinski definition) is 7. The van der Waals surface area contributed by atoms with Crippen molar-refractivity contribution in [1.82, 2.24) is 20.1 Å². The van der Waals surface area contributed by atoms with Crippen molar-refractivity contribution in [1.29, 1.82) is 0 Å². The van der Waals surface area contributed by atoms with Gasteiger partial charge in [0.05, 0.1) is 10.6 Å². The van der Waals surface area contributed by atoms with Crippen LogP contribution in [0.2, 0.25) is 0 Å². The van der Waals surface area contributed by atoms with E-state index >= 15 is 0 Å². The second-order valence-electron chi connectivity index (χ2n) is 5.10. The number of fused-ring (bicyclic) bond motifs is 1. The lowest BCUT2D eigenvalue weighted by molar-refractivity contribution is 0.432. The second-order valence-corrected chi connectivity index (χ2v) is 6.24. The molecular weight excluding hydrogens is 286 g/mol. The molecule has 0 saturated heterocycles. The van der Waals surface area contributed by atoms with Crippen molar-refractivity contribution in [2.24, 2.45) is 0 Å². The Kier molecular flexibility index (Phi) is 2.75. The van der Waals surface area contributed by atoms with E-state index < -0.39 is 0 Å². The van der Waals surface area contributed by atoms with Gasteiger partial charge in [0.2, 0.25) is 11.6 Å². The number of aromatic nitrogens is 4. The first kappa shape index (κ1) is 12.5. The van der Waals surface area contributed by atoms with Crippen LogP contribution in [0.15, 0.2) is 16.9 Å². The van der Waals surface area contributed by atoms with E-state index in [1.54, 1.807) is 23.7 Å². The average molecular weight is 299 g/mol. The van der Waals surface area contributed by atoms with E-state index in [1.807, 2.05) is 6.92 Å². The van der Waals surface area contributed by atoms with Crippen LogP contribution in [0.4, 0.5) is 5.00 Å². The molecule has 7 heteroatoms. The summed E-state index contributed by atoms with van der Waals surface area (Å²) in [4.78, 5) is 14.2. The zero-order valence-electron chi connectivity index (χ0n) is 11.5. The highest BCUT2D eigenvalue weighted by molar-refractivity contribution is 7.16. The molecule has 0 saturated carbocycles. The molecule has 0 aromatic carbocycles. The Morgan fingerprint density at radius 3 is 2.81 bits per heavy atom. The smallest absolute Gasteiger partial charge is 0.261 e. The van der Waals surface area contributed by atoms with Gasteiger partial charge in [-0.05, 0) is 37.3 Å². The number of anilines is 1. The van der Waals surface area contributed by atoms with Gasteiger partial charge in [-0.1, -0.05) is 5.16 Å². The minimum atomic E-state index is 0.391. The van der Waals surface area contributed by atoms with E-state index in [-0.39, 0.29) is 0 Å². The third-order valence-corrected chi connectivity index (χ3v) is 4.69. The molecule has 2 N–H and O–H groups in total. The number of rotatable bonds is 2. The van der Waals surface area contributed by atoms with Crippen molar-refractivity contribution in [3.05, 3.63) is 28.4 Å². The van der Waals surface area contributed by atoms with Crippen LogP contribution in [-0.4, -0.2) is 20.1 Å². The molecule has 6 nitrogen and oxygen atoms in total. The van der Waals surface area contributed by atoms with Gasteiger partial charge in [0, 0.05) is 17.3 Å². The minimum Gasteiger partial charge on any atom is -0.390 e. The summed E-state index contributed by atoms with van der Waals surface area (Å²) in [7, 11) is 0. The van der Waals surface area contributed by atoms with Crippen LogP contribution in [0.3, 0.4) is 0 Å². The summed E-state index contributed by atoms with van der Waals surface area (Å²) in [5.41, 5.74) is 9.26. The monoisotopic (exact) mass is 299 g/mol. The van der Waals surface area contributed by atoms with Gasteiger partial charge in [-0.25, -0.2) is 9.97 Å². The van der Waals surface area contributed by atoms with Crippen molar-refractivity contribution >= 4 is 16.3 Å². The Labute approximate surface area is 125 Å². The van der Waals surface area contributed by atoms with E-state index in [0.717, 1.165) is 35.4 Å². The van der Waals surface area contributed by atoms with E-state index in [9.17, 15) is 0 Å². The normalized spacial score (nSPS) is 13.6. The van der Waals surface area contributed by atoms with Crippen LogP contribution in [-0.2, 0) is 12.8 Å². The average Bonchev–Trinajstić information content (AvgIpc) is 3.15. The van der Waals surface area contributed by atoms with Crippen molar-refractivity contribution in [2.75, 3.05) is 5.73 Å². The lowest BCUT2D eigenvalue weighted by Gasteiger charge is -1.96. The third kappa shape index (κ3) is 2.01. The number of aryl methyl sites for hydroxylation is 2. The van der Waals surface area contributed by atoms with Gasteiger partial charge in [-0.3, -0.25) is 0 Å². The van der Waals surface area contributed by atoms with Gasteiger partial charge in [0.1, 0.15) is 0 Å². The third-order valence-electron chi connectivity index (χ3n) is 3.57. The summed E-state index contributed by atoms with van der Waals surface area (Å²) in [6, 6.07) is 0. The predicted octanol–water partition coefficient (Wildman–Crippen LogP) is 2.63. The standard InChI is InChI=1S/C14H13N5OS/c1-7-5-16-12(17-6-7)13-18-14(20-19-13)10-8-3-2-4-9(8)21-11(10)15/h5-6H,2-4,15H2,1H3. The van der Waals surface area contributed by atoms with Gasteiger partial charge in [-0.15, -0.1) is 11.3 Å². The van der Waals surface area contributed by atoms with Crippen molar-refractivity contribution in [3.8, 4) is 23.1 Å². The quantitative estimate of drug-likeness (QED) is 0.782. The summed E-state index contributed by atoms with van der Waals surface area (Å²) in [5, 5.41) is 4.73. The number of hydrogen-bond donors (Lipinski definition) is 1. The van der Waals surface area contributed by atoms with Gasteiger partial charge in [0.25, 0.3) is 5.89 Å². The lowest BCUT2D eigenvalue weighted by atomic mass is 10.1. The summed E-state index contributed by atoms with van der Waals surface area (Å²) in [6.07, 6.45) is 6.74. The zero-order valence-corrected chi connectivity index (χ0v) is 12.3. The molecule has 0 aliphatic heterocycles. The molecule has 0 bridgehead atoms. The molecule has 3 heterocycles.